The number of rotatable bonds is 2. The Balaban J connectivity index is 2.39. The van der Waals surface area contributed by atoms with Gasteiger partial charge in [-0.25, -0.2) is 0 Å². The minimum Gasteiger partial charge on any atom is -0.319 e. The highest BCUT2D eigenvalue weighted by molar-refractivity contribution is 6.81. The molecule has 0 N–H and O–H groups in total. The van der Waals surface area contributed by atoms with Gasteiger partial charge in [-0.05, 0) is 50.4 Å². The molecule has 0 bridgehead atoms. The van der Waals surface area contributed by atoms with E-state index in [4.69, 9.17) is 9.32 Å². The second-order valence-corrected chi connectivity index (χ2v) is 17.5. The molecule has 1 aliphatic rings. The first kappa shape index (κ1) is 17.1. The van der Waals surface area contributed by atoms with Crippen molar-refractivity contribution in [2.24, 2.45) is 9.32 Å². The van der Waals surface area contributed by atoms with Gasteiger partial charge >= 0.3 is 0 Å². The average Bonchev–Trinajstić information content (AvgIpc) is 2.48. The fourth-order valence-electron chi connectivity index (χ4n) is 3.00. The third-order valence-electron chi connectivity index (χ3n) is 3.77. The topological polar surface area (TPSA) is 24.7 Å². The van der Waals surface area contributed by atoms with E-state index < -0.39 is 16.5 Å². The maximum absolute atomic E-state index is 5.22. The third-order valence-corrected chi connectivity index (χ3v) is 5.56. The molecule has 2 aromatic rings. The Bertz CT molecular complexity index is 766. The first-order valence-electron chi connectivity index (χ1n) is 8.55. The zero-order valence-corrected chi connectivity index (χ0v) is 17.5. The van der Waals surface area contributed by atoms with Crippen molar-refractivity contribution in [3.05, 3.63) is 59.7 Å². The van der Waals surface area contributed by atoms with E-state index in [1.54, 1.807) is 0 Å². The van der Waals surface area contributed by atoms with Crippen molar-refractivity contribution in [3.8, 4) is 11.1 Å². The van der Waals surface area contributed by atoms with Crippen LogP contribution >= 0.6 is 0 Å². The van der Waals surface area contributed by atoms with Gasteiger partial charge in [0.05, 0.1) is 11.4 Å². The van der Waals surface area contributed by atoms with Crippen LogP contribution in [0, 0.1) is 0 Å². The smallest absolute Gasteiger partial charge is 0.173 e. The molecule has 0 atom stereocenters. The van der Waals surface area contributed by atoms with Crippen LogP contribution < -0.4 is 0 Å². The van der Waals surface area contributed by atoms with Gasteiger partial charge in [0.15, 0.2) is 16.5 Å². The quantitative estimate of drug-likeness (QED) is 0.628. The normalized spacial score (nSPS) is 17.8. The van der Waals surface area contributed by atoms with Crippen LogP contribution in [0.3, 0.4) is 0 Å². The molecule has 0 fully saturated rings. The highest BCUT2D eigenvalue weighted by Crippen LogP contribution is 2.35. The molecular formula is C20H26N2Si2. The van der Waals surface area contributed by atoms with E-state index in [9.17, 15) is 0 Å². The molecule has 0 saturated heterocycles. The van der Waals surface area contributed by atoms with E-state index in [2.05, 4.69) is 87.8 Å². The molecule has 1 aliphatic carbocycles. The van der Waals surface area contributed by atoms with Gasteiger partial charge in [-0.15, -0.1) is 0 Å². The lowest BCUT2D eigenvalue weighted by molar-refractivity contribution is 1.47. The standard InChI is InChI=1S/C20H26N2Si2/c1-23(2,3)21-19-17-13-9-7-11-15(17)16-12-8-10-14-18(16)20(19)22-24(4,5)6/h7-14H,1-6H3. The second-order valence-electron chi connectivity index (χ2n) is 8.35. The Morgan fingerprint density at radius 2 is 0.792 bits per heavy atom. The van der Waals surface area contributed by atoms with Crippen LogP contribution in [0.5, 0.6) is 0 Å². The summed E-state index contributed by atoms with van der Waals surface area (Å²) in [5.41, 5.74) is 7.22. The Hall–Kier alpha value is -1.79. The summed E-state index contributed by atoms with van der Waals surface area (Å²) >= 11 is 0. The van der Waals surface area contributed by atoms with Crippen LogP contribution in [0.1, 0.15) is 11.1 Å². The number of hydrogen-bond acceptors (Lipinski definition) is 2. The molecule has 124 valence electrons. The van der Waals surface area contributed by atoms with Crippen LogP contribution in [-0.2, 0) is 0 Å². The minimum absolute atomic E-state index is 1.10. The predicted octanol–water partition coefficient (Wildman–Crippen LogP) is 5.62. The molecule has 0 heterocycles. The zero-order valence-electron chi connectivity index (χ0n) is 15.5. The SMILES string of the molecule is C[Si](C)(C)N=C1C(=N[Si](C)(C)C)c2ccccc2-c2ccccc21. The van der Waals surface area contributed by atoms with Crippen molar-refractivity contribution >= 4 is 27.9 Å². The molecule has 0 unspecified atom stereocenters. The molecule has 2 aromatic carbocycles. The molecule has 0 aromatic heterocycles. The predicted molar refractivity (Wildman–Crippen MR) is 112 cm³/mol. The van der Waals surface area contributed by atoms with Crippen molar-refractivity contribution in [2.75, 3.05) is 0 Å². The van der Waals surface area contributed by atoms with Gasteiger partial charge in [-0.1, -0.05) is 48.5 Å². The first-order chi connectivity index (χ1) is 11.2. The van der Waals surface area contributed by atoms with Crippen molar-refractivity contribution in [2.45, 2.75) is 39.3 Å². The molecule has 24 heavy (non-hydrogen) atoms. The number of nitrogens with zero attached hydrogens (tertiary/aromatic N) is 2. The molecule has 3 rings (SSSR count). The van der Waals surface area contributed by atoms with Crippen LogP contribution in [0.4, 0.5) is 0 Å². The van der Waals surface area contributed by atoms with Gasteiger partial charge in [-0.2, -0.15) is 0 Å². The fraction of sp³-hybridized carbons (Fsp3) is 0.300. The minimum atomic E-state index is -1.63. The van der Waals surface area contributed by atoms with Crippen molar-refractivity contribution in [1.82, 2.24) is 0 Å². The maximum atomic E-state index is 5.22. The number of hydrogen-bond donors (Lipinski definition) is 0. The maximum Gasteiger partial charge on any atom is 0.173 e. The monoisotopic (exact) mass is 350 g/mol. The van der Waals surface area contributed by atoms with Crippen LogP contribution in [0.2, 0.25) is 39.3 Å². The Labute approximate surface area is 147 Å². The Kier molecular flexibility index (Phi) is 4.22. The van der Waals surface area contributed by atoms with E-state index in [-0.39, 0.29) is 0 Å². The molecule has 4 heteroatoms. The van der Waals surface area contributed by atoms with E-state index in [0.717, 1.165) is 11.4 Å². The molecule has 0 aliphatic heterocycles. The highest BCUT2D eigenvalue weighted by Gasteiger charge is 2.29. The second kappa shape index (κ2) is 5.94. The summed E-state index contributed by atoms with van der Waals surface area (Å²) in [5.74, 6) is 0. The Morgan fingerprint density at radius 1 is 0.500 bits per heavy atom. The summed E-state index contributed by atoms with van der Waals surface area (Å²) in [5, 5.41) is 0. The van der Waals surface area contributed by atoms with Crippen molar-refractivity contribution in [1.29, 1.82) is 0 Å². The molecule has 0 saturated carbocycles. The van der Waals surface area contributed by atoms with Gasteiger partial charge in [0, 0.05) is 11.1 Å². The zero-order chi connectivity index (χ0) is 17.5. The first-order valence-corrected chi connectivity index (χ1v) is 15.4. The Morgan fingerprint density at radius 3 is 1.08 bits per heavy atom. The lowest BCUT2D eigenvalue weighted by atomic mass is 9.83. The molecule has 0 amide bonds. The molecule has 2 nitrogen and oxygen atoms in total. The van der Waals surface area contributed by atoms with Crippen LogP contribution in [0.25, 0.3) is 11.1 Å². The van der Waals surface area contributed by atoms with Gasteiger partial charge < -0.3 is 9.32 Å². The summed E-state index contributed by atoms with van der Waals surface area (Å²) in [6.45, 7) is 13.7. The highest BCUT2D eigenvalue weighted by atomic mass is 28.3. The summed E-state index contributed by atoms with van der Waals surface area (Å²) in [4.78, 5) is 0. The van der Waals surface area contributed by atoms with E-state index in [1.807, 2.05) is 0 Å². The van der Waals surface area contributed by atoms with Crippen LogP contribution in [0.15, 0.2) is 57.8 Å². The molecule has 0 radical (unpaired) electrons. The summed E-state index contributed by atoms with van der Waals surface area (Å²) in [7, 11) is -3.26. The van der Waals surface area contributed by atoms with Crippen LogP contribution in [-0.4, -0.2) is 27.9 Å². The average molecular weight is 351 g/mol. The molecule has 0 spiro atoms. The lowest BCUT2D eigenvalue weighted by Gasteiger charge is -2.27. The van der Waals surface area contributed by atoms with Gasteiger partial charge in [0.25, 0.3) is 0 Å². The largest absolute Gasteiger partial charge is 0.319 e. The van der Waals surface area contributed by atoms with E-state index in [0.29, 0.717) is 0 Å². The van der Waals surface area contributed by atoms with Crippen molar-refractivity contribution < 1.29 is 0 Å². The summed E-state index contributed by atoms with van der Waals surface area (Å²) in [6, 6.07) is 17.3. The molecular weight excluding hydrogens is 324 g/mol. The van der Waals surface area contributed by atoms with E-state index in [1.165, 1.54) is 22.3 Å². The third kappa shape index (κ3) is 3.49. The van der Waals surface area contributed by atoms with Gasteiger partial charge in [-0.3, -0.25) is 0 Å². The van der Waals surface area contributed by atoms with Gasteiger partial charge in [0.1, 0.15) is 0 Å². The lowest BCUT2D eigenvalue weighted by Crippen LogP contribution is -2.32. The van der Waals surface area contributed by atoms with E-state index >= 15 is 0 Å². The summed E-state index contributed by atoms with van der Waals surface area (Å²) < 4.78 is 10.4. The van der Waals surface area contributed by atoms with Gasteiger partial charge in [0.2, 0.25) is 0 Å². The number of benzene rings is 2. The number of fused-ring (bicyclic) bond motifs is 3. The van der Waals surface area contributed by atoms with Crippen molar-refractivity contribution in [3.63, 3.8) is 0 Å². The summed E-state index contributed by atoms with van der Waals surface area (Å²) in [6.07, 6.45) is 0. The fourth-order valence-corrected chi connectivity index (χ4v) is 4.80.